The normalized spacial score (nSPS) is 11.4. The van der Waals surface area contributed by atoms with Crippen molar-refractivity contribution in [2.75, 3.05) is 6.54 Å². The van der Waals surface area contributed by atoms with Gasteiger partial charge in [-0.15, -0.1) is 13.2 Å². The van der Waals surface area contributed by atoms with Crippen molar-refractivity contribution in [1.82, 2.24) is 0 Å². The number of nitrogens with two attached hydrogens (primary N) is 1. The number of hydrogen-bond donors (Lipinski definition) is 1. The number of hydrogen-bond acceptors (Lipinski definition) is 2. The third-order valence-electron chi connectivity index (χ3n) is 3.05. The van der Waals surface area contributed by atoms with E-state index in [0.29, 0.717) is 13.0 Å². The van der Waals surface area contributed by atoms with Crippen LogP contribution < -0.4 is 10.5 Å². The Morgan fingerprint density at radius 1 is 1.00 bits per heavy atom. The van der Waals surface area contributed by atoms with Crippen molar-refractivity contribution >= 4 is 0 Å². The molecule has 5 heteroatoms. The lowest BCUT2D eigenvalue weighted by molar-refractivity contribution is -0.274. The van der Waals surface area contributed by atoms with Gasteiger partial charge in [0.05, 0.1) is 0 Å². The molecule has 0 radical (unpaired) electrons. The molecule has 0 fully saturated rings. The molecule has 2 aromatic carbocycles. The van der Waals surface area contributed by atoms with Gasteiger partial charge in [-0.25, -0.2) is 0 Å². The molecule has 0 unspecified atom stereocenters. The van der Waals surface area contributed by atoms with E-state index >= 15 is 0 Å². The summed E-state index contributed by atoms with van der Waals surface area (Å²) in [5, 5.41) is 0. The molecule has 0 saturated carbocycles. The molecule has 0 spiro atoms. The van der Waals surface area contributed by atoms with Crippen LogP contribution in [0.4, 0.5) is 13.2 Å². The Hall–Kier alpha value is -2.01. The van der Waals surface area contributed by atoms with Gasteiger partial charge in [0.15, 0.2) is 0 Å². The molecule has 0 aliphatic carbocycles. The van der Waals surface area contributed by atoms with Crippen LogP contribution in [0.1, 0.15) is 12.0 Å². The van der Waals surface area contributed by atoms with Gasteiger partial charge in [0.2, 0.25) is 0 Å². The van der Waals surface area contributed by atoms with Crippen molar-refractivity contribution in [1.29, 1.82) is 0 Å². The third-order valence-corrected chi connectivity index (χ3v) is 3.05. The minimum absolute atomic E-state index is 0.210. The predicted octanol–water partition coefficient (Wildman–Crippen LogP) is 4.14. The molecule has 0 aliphatic heterocycles. The van der Waals surface area contributed by atoms with Crippen LogP contribution in [-0.2, 0) is 6.42 Å². The van der Waals surface area contributed by atoms with Gasteiger partial charge in [-0.2, -0.15) is 0 Å². The molecule has 0 heterocycles. The Morgan fingerprint density at radius 2 is 1.71 bits per heavy atom. The van der Waals surface area contributed by atoms with E-state index in [1.54, 1.807) is 6.07 Å². The standard InChI is InChI=1S/C16H16F3NO/c17-16(18,19)21-14-9-8-13(7-4-10-20)15(11-14)12-5-2-1-3-6-12/h1-3,5-6,8-9,11H,4,7,10,20H2. The summed E-state index contributed by atoms with van der Waals surface area (Å²) >= 11 is 0. The highest BCUT2D eigenvalue weighted by Crippen LogP contribution is 2.31. The van der Waals surface area contributed by atoms with Gasteiger partial charge in [-0.05, 0) is 48.2 Å². The van der Waals surface area contributed by atoms with Crippen molar-refractivity contribution in [3.8, 4) is 16.9 Å². The highest BCUT2D eigenvalue weighted by molar-refractivity contribution is 5.69. The summed E-state index contributed by atoms with van der Waals surface area (Å²) in [6, 6.07) is 13.7. The Morgan fingerprint density at radius 3 is 2.33 bits per heavy atom. The molecular weight excluding hydrogens is 279 g/mol. The lowest BCUT2D eigenvalue weighted by Crippen LogP contribution is -2.17. The first-order valence-electron chi connectivity index (χ1n) is 6.64. The van der Waals surface area contributed by atoms with Gasteiger partial charge in [-0.1, -0.05) is 36.4 Å². The maximum atomic E-state index is 12.3. The van der Waals surface area contributed by atoms with Crippen LogP contribution in [0, 0.1) is 0 Å². The molecule has 2 N–H and O–H groups in total. The average Bonchev–Trinajstić information content (AvgIpc) is 2.45. The van der Waals surface area contributed by atoms with Gasteiger partial charge in [-0.3, -0.25) is 0 Å². The molecular formula is C16H16F3NO. The molecule has 21 heavy (non-hydrogen) atoms. The fourth-order valence-corrected chi connectivity index (χ4v) is 2.15. The summed E-state index contributed by atoms with van der Waals surface area (Å²) in [7, 11) is 0. The molecule has 0 aromatic heterocycles. The van der Waals surface area contributed by atoms with E-state index in [4.69, 9.17) is 5.73 Å². The zero-order chi connectivity index (χ0) is 15.3. The fourth-order valence-electron chi connectivity index (χ4n) is 2.15. The first-order valence-corrected chi connectivity index (χ1v) is 6.64. The Bertz CT molecular complexity index is 582. The zero-order valence-corrected chi connectivity index (χ0v) is 11.4. The minimum atomic E-state index is -4.69. The molecule has 112 valence electrons. The Kier molecular flexibility index (Phi) is 4.85. The highest BCUT2D eigenvalue weighted by Gasteiger charge is 2.31. The highest BCUT2D eigenvalue weighted by atomic mass is 19.4. The van der Waals surface area contributed by atoms with Gasteiger partial charge in [0, 0.05) is 0 Å². The Labute approximate surface area is 121 Å². The summed E-state index contributed by atoms with van der Waals surface area (Å²) in [5.41, 5.74) is 8.06. The number of halogens is 3. The summed E-state index contributed by atoms with van der Waals surface area (Å²) in [6.45, 7) is 0.537. The fraction of sp³-hybridized carbons (Fsp3) is 0.250. The van der Waals surface area contributed by atoms with E-state index in [0.717, 1.165) is 23.1 Å². The molecule has 2 rings (SSSR count). The quantitative estimate of drug-likeness (QED) is 0.899. The number of alkyl halides is 3. The van der Waals surface area contributed by atoms with Gasteiger partial charge < -0.3 is 10.5 Å². The monoisotopic (exact) mass is 295 g/mol. The van der Waals surface area contributed by atoms with Crippen LogP contribution >= 0.6 is 0 Å². The third kappa shape index (κ3) is 4.49. The molecule has 2 aromatic rings. The van der Waals surface area contributed by atoms with Crippen LogP contribution in [0.5, 0.6) is 5.75 Å². The van der Waals surface area contributed by atoms with Crippen molar-refractivity contribution in [3.63, 3.8) is 0 Å². The molecule has 0 bridgehead atoms. The van der Waals surface area contributed by atoms with Gasteiger partial charge >= 0.3 is 6.36 Å². The first-order chi connectivity index (χ1) is 9.99. The smallest absolute Gasteiger partial charge is 0.406 e. The van der Waals surface area contributed by atoms with E-state index in [2.05, 4.69) is 4.74 Å². The molecule has 0 atom stereocenters. The van der Waals surface area contributed by atoms with Crippen molar-refractivity contribution in [3.05, 3.63) is 54.1 Å². The van der Waals surface area contributed by atoms with E-state index < -0.39 is 6.36 Å². The number of rotatable bonds is 5. The summed E-state index contributed by atoms with van der Waals surface area (Å²) in [5.74, 6) is -0.210. The van der Waals surface area contributed by atoms with Crippen LogP contribution in [-0.4, -0.2) is 12.9 Å². The SMILES string of the molecule is NCCCc1ccc(OC(F)(F)F)cc1-c1ccccc1. The second-order valence-electron chi connectivity index (χ2n) is 4.63. The Balaban J connectivity index is 2.39. The first kappa shape index (κ1) is 15.4. The topological polar surface area (TPSA) is 35.2 Å². The maximum Gasteiger partial charge on any atom is 0.573 e. The van der Waals surface area contributed by atoms with E-state index in [-0.39, 0.29) is 5.75 Å². The average molecular weight is 295 g/mol. The second kappa shape index (κ2) is 6.63. The van der Waals surface area contributed by atoms with Gasteiger partial charge in [0.1, 0.15) is 5.75 Å². The van der Waals surface area contributed by atoms with Crippen molar-refractivity contribution < 1.29 is 17.9 Å². The zero-order valence-electron chi connectivity index (χ0n) is 11.4. The summed E-state index contributed by atoms with van der Waals surface area (Å²) in [4.78, 5) is 0. The van der Waals surface area contributed by atoms with E-state index in [9.17, 15) is 13.2 Å². The molecule has 0 saturated heterocycles. The van der Waals surface area contributed by atoms with Crippen LogP contribution in [0.3, 0.4) is 0 Å². The predicted molar refractivity (Wildman–Crippen MR) is 75.9 cm³/mol. The molecule has 2 nitrogen and oxygen atoms in total. The summed E-state index contributed by atoms with van der Waals surface area (Å²) < 4.78 is 41.0. The molecule has 0 amide bonds. The second-order valence-corrected chi connectivity index (χ2v) is 4.63. The number of benzene rings is 2. The lowest BCUT2D eigenvalue weighted by atomic mass is 9.96. The number of ether oxygens (including phenoxy) is 1. The number of aryl methyl sites for hydroxylation is 1. The van der Waals surface area contributed by atoms with Crippen LogP contribution in [0.15, 0.2) is 48.5 Å². The lowest BCUT2D eigenvalue weighted by Gasteiger charge is -2.14. The van der Waals surface area contributed by atoms with Crippen molar-refractivity contribution in [2.45, 2.75) is 19.2 Å². The largest absolute Gasteiger partial charge is 0.573 e. The van der Waals surface area contributed by atoms with E-state index in [1.807, 2.05) is 30.3 Å². The summed E-state index contributed by atoms with van der Waals surface area (Å²) in [6.07, 6.45) is -3.20. The minimum Gasteiger partial charge on any atom is -0.406 e. The molecule has 0 aliphatic rings. The van der Waals surface area contributed by atoms with Crippen LogP contribution in [0.2, 0.25) is 0 Å². The van der Waals surface area contributed by atoms with E-state index in [1.165, 1.54) is 12.1 Å². The van der Waals surface area contributed by atoms with Gasteiger partial charge in [0.25, 0.3) is 0 Å². The van der Waals surface area contributed by atoms with Crippen LogP contribution in [0.25, 0.3) is 11.1 Å². The maximum absolute atomic E-state index is 12.3. The van der Waals surface area contributed by atoms with Crippen molar-refractivity contribution in [2.24, 2.45) is 5.73 Å².